The van der Waals surface area contributed by atoms with Gasteiger partial charge in [0.15, 0.2) is 0 Å². The van der Waals surface area contributed by atoms with Crippen LogP contribution in [0.5, 0.6) is 0 Å². The number of nitrogens with one attached hydrogen (secondary N) is 1. The number of hydrogen-bond acceptors (Lipinski definition) is 2. The highest BCUT2D eigenvalue weighted by atomic mass is 79.9. The Morgan fingerprint density at radius 1 is 1.47 bits per heavy atom. The fourth-order valence-electron chi connectivity index (χ4n) is 1.49. The summed E-state index contributed by atoms with van der Waals surface area (Å²) in [6.45, 7) is 5.40. The van der Waals surface area contributed by atoms with Gasteiger partial charge in [0.25, 0.3) is 0 Å². The molecule has 1 aromatic carbocycles. The van der Waals surface area contributed by atoms with Gasteiger partial charge in [0.1, 0.15) is 5.82 Å². The van der Waals surface area contributed by atoms with Crippen LogP contribution in [0.3, 0.4) is 0 Å². The van der Waals surface area contributed by atoms with Crippen LogP contribution in [0.2, 0.25) is 0 Å². The molecule has 3 nitrogen and oxygen atoms in total. The van der Waals surface area contributed by atoms with Crippen molar-refractivity contribution >= 4 is 26.9 Å². The molecule has 6 heteroatoms. The maximum absolute atomic E-state index is 13.8. The number of aliphatic hydroxyl groups excluding tert-OH is 1. The molecular formula is C13H19BrFNO2S. The summed E-state index contributed by atoms with van der Waals surface area (Å²) in [6.07, 6.45) is 0.301. The minimum atomic E-state index is -1.33. The standard InChI is InChI=1S/C13H19BrFNO2S/c1-13(2,3)19(18)16-12(6-7-17)10-8-9(14)4-5-11(10)15/h4-5,8,12,16-17H,6-7H2,1-3H3. The molecule has 0 aliphatic rings. The average molecular weight is 352 g/mol. The van der Waals surface area contributed by atoms with Crippen molar-refractivity contribution in [3.8, 4) is 0 Å². The van der Waals surface area contributed by atoms with E-state index in [9.17, 15) is 8.60 Å². The van der Waals surface area contributed by atoms with Crippen molar-refractivity contribution in [1.82, 2.24) is 4.72 Å². The van der Waals surface area contributed by atoms with Gasteiger partial charge in [-0.15, -0.1) is 0 Å². The first-order valence-corrected chi connectivity index (χ1v) is 7.94. The lowest BCUT2D eigenvalue weighted by atomic mass is 10.0. The molecule has 0 aliphatic heterocycles. The number of aliphatic hydroxyl groups is 1. The van der Waals surface area contributed by atoms with Crippen LogP contribution in [0, 0.1) is 5.82 Å². The van der Waals surface area contributed by atoms with E-state index in [4.69, 9.17) is 5.11 Å². The van der Waals surface area contributed by atoms with E-state index in [1.807, 2.05) is 20.8 Å². The van der Waals surface area contributed by atoms with Crippen molar-refractivity contribution in [1.29, 1.82) is 0 Å². The molecular weight excluding hydrogens is 333 g/mol. The van der Waals surface area contributed by atoms with Gasteiger partial charge in [-0.25, -0.2) is 13.3 Å². The van der Waals surface area contributed by atoms with Gasteiger partial charge in [0, 0.05) is 22.7 Å². The molecule has 0 aromatic heterocycles. The third-order valence-corrected chi connectivity index (χ3v) is 4.66. The van der Waals surface area contributed by atoms with E-state index in [0.29, 0.717) is 12.0 Å². The van der Waals surface area contributed by atoms with Crippen LogP contribution >= 0.6 is 15.9 Å². The molecule has 0 radical (unpaired) electrons. The van der Waals surface area contributed by atoms with Crippen LogP contribution in [0.4, 0.5) is 4.39 Å². The lowest BCUT2D eigenvalue weighted by molar-refractivity contribution is 0.271. The first-order valence-electron chi connectivity index (χ1n) is 5.99. The van der Waals surface area contributed by atoms with Crippen LogP contribution in [0.15, 0.2) is 22.7 Å². The highest BCUT2D eigenvalue weighted by Gasteiger charge is 2.25. The van der Waals surface area contributed by atoms with Crippen LogP contribution in [-0.4, -0.2) is 20.7 Å². The molecule has 0 aliphatic carbocycles. The summed E-state index contributed by atoms with van der Waals surface area (Å²) in [4.78, 5) is 0. The van der Waals surface area contributed by atoms with Crippen molar-refractivity contribution in [2.45, 2.75) is 38.0 Å². The molecule has 1 rings (SSSR count). The zero-order valence-electron chi connectivity index (χ0n) is 11.2. The summed E-state index contributed by atoms with van der Waals surface area (Å²) < 4.78 is 29.1. The Labute approximate surface area is 124 Å². The van der Waals surface area contributed by atoms with Crippen LogP contribution in [-0.2, 0) is 11.0 Å². The maximum Gasteiger partial charge on any atom is 0.128 e. The third-order valence-electron chi connectivity index (χ3n) is 2.56. The lowest BCUT2D eigenvalue weighted by Gasteiger charge is -2.24. The molecule has 2 unspecified atom stereocenters. The predicted molar refractivity (Wildman–Crippen MR) is 79.6 cm³/mol. The minimum absolute atomic E-state index is 0.106. The van der Waals surface area contributed by atoms with E-state index in [0.717, 1.165) is 4.47 Å². The molecule has 0 saturated heterocycles. The monoisotopic (exact) mass is 351 g/mol. The van der Waals surface area contributed by atoms with Gasteiger partial charge in [0.05, 0.1) is 15.7 Å². The molecule has 2 N–H and O–H groups in total. The summed E-state index contributed by atoms with van der Waals surface area (Å²) in [5, 5.41) is 9.10. The average Bonchev–Trinajstić information content (AvgIpc) is 2.30. The molecule has 2 atom stereocenters. The van der Waals surface area contributed by atoms with Gasteiger partial charge < -0.3 is 5.11 Å². The molecule has 1 aromatic rings. The van der Waals surface area contributed by atoms with Gasteiger partial charge in [-0.3, -0.25) is 0 Å². The van der Waals surface area contributed by atoms with E-state index in [2.05, 4.69) is 20.7 Å². The quantitative estimate of drug-likeness (QED) is 0.856. The topological polar surface area (TPSA) is 49.3 Å². The summed E-state index contributed by atoms with van der Waals surface area (Å²) in [5.74, 6) is -0.375. The fourth-order valence-corrected chi connectivity index (χ4v) is 2.73. The summed E-state index contributed by atoms with van der Waals surface area (Å²) in [5.41, 5.74) is 0.404. The number of benzene rings is 1. The smallest absolute Gasteiger partial charge is 0.128 e. The minimum Gasteiger partial charge on any atom is -0.396 e. The molecule has 0 heterocycles. The van der Waals surface area contributed by atoms with Gasteiger partial charge in [-0.05, 0) is 45.4 Å². The molecule has 0 saturated carbocycles. The van der Waals surface area contributed by atoms with Crippen LogP contribution in [0.1, 0.15) is 38.8 Å². The van der Waals surface area contributed by atoms with Gasteiger partial charge >= 0.3 is 0 Å². The third kappa shape index (κ3) is 4.95. The molecule has 0 amide bonds. The first kappa shape index (κ1) is 16.8. The van der Waals surface area contributed by atoms with Gasteiger partial charge in [0.2, 0.25) is 0 Å². The van der Waals surface area contributed by atoms with Crippen molar-refractivity contribution < 1.29 is 13.7 Å². The molecule has 108 valence electrons. The van der Waals surface area contributed by atoms with Crippen LogP contribution in [0.25, 0.3) is 0 Å². The second-order valence-electron chi connectivity index (χ2n) is 5.23. The molecule has 0 bridgehead atoms. The molecule has 19 heavy (non-hydrogen) atoms. The normalized spacial score (nSPS) is 15.3. The SMILES string of the molecule is CC(C)(C)S(=O)NC(CCO)c1cc(Br)ccc1F. The highest BCUT2D eigenvalue weighted by molar-refractivity contribution is 9.10. The van der Waals surface area contributed by atoms with E-state index in [1.54, 1.807) is 12.1 Å². The van der Waals surface area contributed by atoms with E-state index in [-0.39, 0.29) is 12.4 Å². The zero-order valence-corrected chi connectivity index (χ0v) is 13.6. The zero-order chi connectivity index (χ0) is 14.6. The largest absolute Gasteiger partial charge is 0.396 e. The molecule has 0 fully saturated rings. The Kier molecular flexibility index (Phi) is 6.11. The Morgan fingerprint density at radius 3 is 2.63 bits per heavy atom. The Bertz CT molecular complexity index is 462. The van der Waals surface area contributed by atoms with Gasteiger partial charge in [-0.1, -0.05) is 15.9 Å². The number of hydrogen-bond donors (Lipinski definition) is 2. The summed E-state index contributed by atoms with van der Waals surface area (Å²) in [7, 11) is -1.33. The second kappa shape index (κ2) is 6.92. The van der Waals surface area contributed by atoms with E-state index in [1.165, 1.54) is 6.07 Å². The summed E-state index contributed by atoms with van der Waals surface area (Å²) in [6, 6.07) is 4.12. The van der Waals surface area contributed by atoms with Crippen molar-refractivity contribution in [2.75, 3.05) is 6.61 Å². The lowest BCUT2D eigenvalue weighted by Crippen LogP contribution is -2.36. The van der Waals surface area contributed by atoms with Crippen molar-refractivity contribution in [3.05, 3.63) is 34.1 Å². The maximum atomic E-state index is 13.8. The fraction of sp³-hybridized carbons (Fsp3) is 0.538. The van der Waals surface area contributed by atoms with Gasteiger partial charge in [-0.2, -0.15) is 0 Å². The predicted octanol–water partition coefficient (Wildman–Crippen LogP) is 3.06. The Hall–Kier alpha value is -0.300. The first-order chi connectivity index (χ1) is 8.75. The number of halogens is 2. The Morgan fingerprint density at radius 2 is 2.11 bits per heavy atom. The summed E-state index contributed by atoms with van der Waals surface area (Å²) >= 11 is 3.29. The van der Waals surface area contributed by atoms with Crippen molar-refractivity contribution in [3.63, 3.8) is 0 Å². The second-order valence-corrected chi connectivity index (χ2v) is 8.14. The van der Waals surface area contributed by atoms with E-state index < -0.39 is 21.8 Å². The van der Waals surface area contributed by atoms with E-state index >= 15 is 0 Å². The Balaban J connectivity index is 3.00. The molecule has 0 spiro atoms. The number of rotatable bonds is 5. The van der Waals surface area contributed by atoms with Crippen LogP contribution < -0.4 is 4.72 Å². The highest BCUT2D eigenvalue weighted by Crippen LogP contribution is 2.25. The van der Waals surface area contributed by atoms with Crippen molar-refractivity contribution in [2.24, 2.45) is 0 Å².